The first-order valence-electron chi connectivity index (χ1n) is 2.16. The fraction of sp³-hybridized carbons (Fsp3) is 0.750. The van der Waals surface area contributed by atoms with Crippen LogP contribution in [0.2, 0.25) is 0 Å². The van der Waals surface area contributed by atoms with Crippen molar-refractivity contribution in [3.63, 3.8) is 0 Å². The number of hydrogen-bond acceptors (Lipinski definition) is 3. The van der Waals surface area contributed by atoms with Crippen LogP contribution < -0.4 is 4.84 Å². The molecule has 48 valence electrons. The highest BCUT2D eigenvalue weighted by molar-refractivity contribution is 6.14. The molecule has 8 heavy (non-hydrogen) atoms. The third-order valence-corrected chi connectivity index (χ3v) is 1.05. The summed E-state index contributed by atoms with van der Waals surface area (Å²) in [5.41, 5.74) is 0. The molecule has 1 atom stereocenters. The summed E-state index contributed by atoms with van der Waals surface area (Å²) < 4.78 is 4.32. The molecule has 0 aliphatic carbocycles. The summed E-state index contributed by atoms with van der Waals surface area (Å²) in [6, 6.07) is -0.429. The van der Waals surface area contributed by atoms with Crippen molar-refractivity contribution in [2.24, 2.45) is 0 Å². The molecule has 0 bridgehead atoms. The Hall–Kier alpha value is -0.280. The van der Waals surface area contributed by atoms with Gasteiger partial charge >= 0.3 is 5.97 Å². The van der Waals surface area contributed by atoms with Crippen LogP contribution in [0, 0.1) is 0 Å². The minimum atomic E-state index is -0.429. The molecule has 0 aromatic rings. The van der Waals surface area contributed by atoms with Crippen LogP contribution in [-0.4, -0.2) is 19.1 Å². The number of hydrogen-bond donors (Lipinski definition) is 1. The number of esters is 1. The maximum absolute atomic E-state index is 10.4. The van der Waals surface area contributed by atoms with Gasteiger partial charge in [-0.25, -0.2) is 4.84 Å². The van der Waals surface area contributed by atoms with Crippen molar-refractivity contribution >= 4 is 17.7 Å². The Balaban J connectivity index is 3.46. The van der Waals surface area contributed by atoms with Gasteiger partial charge in [-0.15, -0.1) is 0 Å². The summed E-state index contributed by atoms with van der Waals surface area (Å²) in [6.45, 7) is 1.61. The summed E-state index contributed by atoms with van der Waals surface area (Å²) in [5, 5.41) is 0. The Morgan fingerprint density at radius 2 is 2.38 bits per heavy atom. The topological polar surface area (TPSA) is 38.3 Å². The molecule has 0 amide bonds. The van der Waals surface area contributed by atoms with Gasteiger partial charge in [0.05, 0.1) is 7.11 Å². The van der Waals surface area contributed by atoms with Gasteiger partial charge in [0.25, 0.3) is 0 Å². The Morgan fingerprint density at radius 1 is 1.88 bits per heavy atom. The molecule has 0 rings (SSSR count). The quantitative estimate of drug-likeness (QED) is 0.439. The van der Waals surface area contributed by atoms with E-state index in [0.29, 0.717) is 0 Å². The highest BCUT2D eigenvalue weighted by Gasteiger charge is 2.09. The second-order valence-electron chi connectivity index (χ2n) is 1.35. The lowest BCUT2D eigenvalue weighted by atomic mass is 10.4. The summed E-state index contributed by atoms with van der Waals surface area (Å²) in [4.78, 5) is 12.6. The van der Waals surface area contributed by atoms with E-state index in [4.69, 9.17) is 11.8 Å². The molecule has 0 saturated heterocycles. The van der Waals surface area contributed by atoms with Gasteiger partial charge in [-0.2, -0.15) is 0 Å². The normalized spacial score (nSPS) is 12.9. The van der Waals surface area contributed by atoms with E-state index in [9.17, 15) is 4.79 Å². The second kappa shape index (κ2) is 3.69. The maximum Gasteiger partial charge on any atom is 0.323 e. The SMILES string of the molecule is COC(=O)C(C)NCl. The van der Waals surface area contributed by atoms with E-state index in [2.05, 4.69) is 9.57 Å². The number of nitrogens with one attached hydrogen (secondary N) is 1. The van der Waals surface area contributed by atoms with Crippen molar-refractivity contribution in [2.75, 3.05) is 7.11 Å². The van der Waals surface area contributed by atoms with E-state index in [1.807, 2.05) is 0 Å². The highest BCUT2D eigenvalue weighted by Crippen LogP contribution is 1.84. The molecular weight excluding hydrogens is 130 g/mol. The summed E-state index contributed by atoms with van der Waals surface area (Å²) in [5.74, 6) is -0.361. The van der Waals surface area contributed by atoms with Crippen LogP contribution >= 0.6 is 11.8 Å². The first-order valence-corrected chi connectivity index (χ1v) is 2.54. The molecule has 0 radical (unpaired) electrons. The lowest BCUT2D eigenvalue weighted by Gasteiger charge is -2.02. The molecule has 0 saturated carbocycles. The monoisotopic (exact) mass is 137 g/mol. The van der Waals surface area contributed by atoms with Crippen LogP contribution in [0.4, 0.5) is 0 Å². The number of carbonyl (C=O) groups is 1. The van der Waals surface area contributed by atoms with Gasteiger partial charge in [-0.3, -0.25) is 4.79 Å². The number of carbonyl (C=O) groups excluding carboxylic acids is 1. The van der Waals surface area contributed by atoms with Crippen molar-refractivity contribution in [1.82, 2.24) is 4.84 Å². The highest BCUT2D eigenvalue weighted by atomic mass is 35.5. The predicted molar refractivity (Wildman–Crippen MR) is 30.5 cm³/mol. The lowest BCUT2D eigenvalue weighted by Crippen LogP contribution is -2.28. The van der Waals surface area contributed by atoms with E-state index in [0.717, 1.165) is 0 Å². The maximum atomic E-state index is 10.4. The zero-order chi connectivity index (χ0) is 6.57. The number of ether oxygens (including phenoxy) is 1. The molecule has 1 N–H and O–H groups in total. The van der Waals surface area contributed by atoms with Crippen molar-refractivity contribution in [3.8, 4) is 0 Å². The number of rotatable bonds is 2. The van der Waals surface area contributed by atoms with Gasteiger partial charge in [0.15, 0.2) is 0 Å². The van der Waals surface area contributed by atoms with E-state index >= 15 is 0 Å². The molecule has 1 unspecified atom stereocenters. The van der Waals surface area contributed by atoms with E-state index < -0.39 is 6.04 Å². The van der Waals surface area contributed by atoms with E-state index in [-0.39, 0.29) is 5.97 Å². The Labute approximate surface area is 53.1 Å². The second-order valence-corrected chi connectivity index (χ2v) is 1.57. The molecule has 0 aromatic heterocycles. The molecule has 3 nitrogen and oxygen atoms in total. The Bertz CT molecular complexity index is 86.1. The third-order valence-electron chi connectivity index (χ3n) is 0.718. The van der Waals surface area contributed by atoms with E-state index in [1.54, 1.807) is 6.92 Å². The van der Waals surface area contributed by atoms with Gasteiger partial charge in [-0.1, -0.05) is 0 Å². The molecule has 0 heterocycles. The first-order chi connectivity index (χ1) is 3.72. The van der Waals surface area contributed by atoms with Crippen molar-refractivity contribution in [3.05, 3.63) is 0 Å². The molecular formula is C4H8ClNO2. The Kier molecular flexibility index (Phi) is 3.56. The van der Waals surface area contributed by atoms with Crippen LogP contribution in [0.1, 0.15) is 6.92 Å². The third kappa shape index (κ3) is 2.14. The molecule has 4 heteroatoms. The van der Waals surface area contributed by atoms with Gasteiger partial charge in [-0.05, 0) is 18.7 Å². The van der Waals surface area contributed by atoms with Crippen LogP contribution in [0.15, 0.2) is 0 Å². The molecule has 0 spiro atoms. The lowest BCUT2D eigenvalue weighted by molar-refractivity contribution is -0.142. The summed E-state index contributed by atoms with van der Waals surface area (Å²) >= 11 is 5.07. The zero-order valence-corrected chi connectivity index (χ0v) is 5.53. The van der Waals surface area contributed by atoms with Crippen LogP contribution in [0.5, 0.6) is 0 Å². The molecule has 0 fully saturated rings. The summed E-state index contributed by atoms with van der Waals surface area (Å²) in [7, 11) is 1.31. The van der Waals surface area contributed by atoms with Crippen molar-refractivity contribution in [1.29, 1.82) is 0 Å². The first kappa shape index (κ1) is 7.72. The average molecular weight is 138 g/mol. The minimum absolute atomic E-state index is 0.361. The van der Waals surface area contributed by atoms with Crippen LogP contribution in [-0.2, 0) is 9.53 Å². The van der Waals surface area contributed by atoms with Gasteiger partial charge < -0.3 is 4.74 Å². The molecule has 0 aromatic carbocycles. The average Bonchev–Trinajstić information content (AvgIpc) is 1.84. The number of methoxy groups -OCH3 is 1. The largest absolute Gasteiger partial charge is 0.468 e. The fourth-order valence-corrected chi connectivity index (χ4v) is 0.310. The zero-order valence-electron chi connectivity index (χ0n) is 4.77. The van der Waals surface area contributed by atoms with Crippen LogP contribution in [0.25, 0.3) is 0 Å². The minimum Gasteiger partial charge on any atom is -0.468 e. The van der Waals surface area contributed by atoms with Gasteiger partial charge in [0.1, 0.15) is 6.04 Å². The summed E-state index contributed by atoms with van der Waals surface area (Å²) in [6.07, 6.45) is 0. The fourth-order valence-electron chi connectivity index (χ4n) is 0.221. The standard InChI is InChI=1S/C4H8ClNO2/c1-3(6-5)4(7)8-2/h3,6H,1-2H3. The molecule has 0 aliphatic rings. The van der Waals surface area contributed by atoms with E-state index in [1.165, 1.54) is 7.11 Å². The van der Waals surface area contributed by atoms with Crippen LogP contribution in [0.3, 0.4) is 0 Å². The number of halogens is 1. The van der Waals surface area contributed by atoms with Crippen molar-refractivity contribution < 1.29 is 9.53 Å². The van der Waals surface area contributed by atoms with Gasteiger partial charge in [0.2, 0.25) is 0 Å². The van der Waals surface area contributed by atoms with Gasteiger partial charge in [0, 0.05) is 0 Å². The van der Waals surface area contributed by atoms with Crippen molar-refractivity contribution in [2.45, 2.75) is 13.0 Å². The smallest absolute Gasteiger partial charge is 0.323 e. The Morgan fingerprint density at radius 3 is 2.50 bits per heavy atom. The predicted octanol–water partition coefficient (Wildman–Crippen LogP) is 0.291. The molecule has 0 aliphatic heterocycles.